The highest BCUT2D eigenvalue weighted by atomic mass is 16.3. The number of hydrogen-bond donors (Lipinski definition) is 4. The van der Waals surface area contributed by atoms with Crippen LogP contribution in [0, 0.1) is 0 Å². The number of aromatic hydroxyl groups is 1. The molecule has 5 nitrogen and oxygen atoms in total. The number of aromatic nitrogens is 1. The minimum atomic E-state index is -0.738. The molecule has 0 spiro atoms. The first-order valence-corrected chi connectivity index (χ1v) is 8.97. The van der Waals surface area contributed by atoms with Gasteiger partial charge < -0.3 is 20.5 Å². The van der Waals surface area contributed by atoms with E-state index in [1.54, 1.807) is 12.1 Å². The number of aryl methyl sites for hydroxylation is 1. The summed E-state index contributed by atoms with van der Waals surface area (Å²) in [6, 6.07) is 14.9. The number of aliphatic hydroxyl groups is 1. The van der Waals surface area contributed by atoms with Crippen molar-refractivity contribution in [3.05, 3.63) is 75.6 Å². The first-order valence-electron chi connectivity index (χ1n) is 8.97. The van der Waals surface area contributed by atoms with Gasteiger partial charge in [0.1, 0.15) is 5.75 Å². The SMILES string of the molecule is O=c1ccc2c([C@@H](O)CN[C@@H]3CCCc4ccccc43)ccc(O)c2[nH]1. The predicted molar refractivity (Wildman–Crippen MR) is 101 cm³/mol. The topological polar surface area (TPSA) is 85.3 Å². The maximum absolute atomic E-state index is 11.5. The van der Waals surface area contributed by atoms with Crippen LogP contribution < -0.4 is 10.9 Å². The largest absolute Gasteiger partial charge is 0.506 e. The molecule has 3 aromatic rings. The molecule has 26 heavy (non-hydrogen) atoms. The van der Waals surface area contributed by atoms with Crippen LogP contribution in [0.15, 0.2) is 53.3 Å². The molecule has 1 aliphatic rings. The Hall–Kier alpha value is -2.63. The summed E-state index contributed by atoms with van der Waals surface area (Å²) >= 11 is 0. The standard InChI is InChI=1S/C21H22N2O3/c24-18-10-8-15(16-9-11-20(26)23-21(16)18)19(25)12-22-17-7-3-5-13-4-1-2-6-14(13)17/h1-2,4,6,8-11,17,19,22,24-25H,3,5,7,12H2,(H,23,26)/t17-,19+/m1/s1. The van der Waals surface area contributed by atoms with Crippen molar-refractivity contribution in [1.82, 2.24) is 10.3 Å². The molecule has 0 saturated heterocycles. The van der Waals surface area contributed by atoms with Gasteiger partial charge in [0.2, 0.25) is 5.56 Å². The second-order valence-corrected chi connectivity index (χ2v) is 6.85. The lowest BCUT2D eigenvalue weighted by atomic mass is 9.87. The lowest BCUT2D eigenvalue weighted by Crippen LogP contribution is -2.29. The van der Waals surface area contributed by atoms with E-state index in [9.17, 15) is 15.0 Å². The quantitative estimate of drug-likeness (QED) is 0.583. The van der Waals surface area contributed by atoms with Gasteiger partial charge in [0.25, 0.3) is 0 Å². The van der Waals surface area contributed by atoms with Crippen molar-refractivity contribution in [2.75, 3.05) is 6.54 Å². The van der Waals surface area contributed by atoms with Gasteiger partial charge in [-0.25, -0.2) is 0 Å². The Labute approximate surface area is 151 Å². The zero-order valence-corrected chi connectivity index (χ0v) is 14.4. The fourth-order valence-corrected chi connectivity index (χ4v) is 3.88. The van der Waals surface area contributed by atoms with Gasteiger partial charge in [0.05, 0.1) is 11.6 Å². The Morgan fingerprint density at radius 3 is 2.88 bits per heavy atom. The Morgan fingerprint density at radius 2 is 2.00 bits per heavy atom. The summed E-state index contributed by atoms with van der Waals surface area (Å²) in [6.45, 7) is 0.401. The molecule has 4 N–H and O–H groups in total. The Balaban J connectivity index is 1.57. The molecule has 0 aliphatic heterocycles. The van der Waals surface area contributed by atoms with E-state index >= 15 is 0 Å². The molecule has 2 aromatic carbocycles. The average molecular weight is 350 g/mol. The molecular weight excluding hydrogens is 328 g/mol. The van der Waals surface area contributed by atoms with Crippen molar-refractivity contribution in [1.29, 1.82) is 0 Å². The number of aromatic amines is 1. The molecule has 0 saturated carbocycles. The van der Waals surface area contributed by atoms with Gasteiger partial charge in [-0.15, -0.1) is 0 Å². The van der Waals surface area contributed by atoms with Crippen molar-refractivity contribution in [3.8, 4) is 5.75 Å². The molecule has 4 rings (SSSR count). The van der Waals surface area contributed by atoms with Crippen molar-refractivity contribution < 1.29 is 10.2 Å². The number of benzene rings is 2. The van der Waals surface area contributed by atoms with E-state index in [0.29, 0.717) is 23.0 Å². The molecule has 2 atom stereocenters. The molecule has 1 aromatic heterocycles. The summed E-state index contributed by atoms with van der Waals surface area (Å²) < 4.78 is 0. The molecular formula is C21H22N2O3. The summed E-state index contributed by atoms with van der Waals surface area (Å²) in [4.78, 5) is 14.2. The third kappa shape index (κ3) is 3.11. The lowest BCUT2D eigenvalue weighted by Gasteiger charge is -2.27. The van der Waals surface area contributed by atoms with Crippen LogP contribution in [0.3, 0.4) is 0 Å². The number of aliphatic hydroxyl groups excluding tert-OH is 1. The van der Waals surface area contributed by atoms with Crippen LogP contribution >= 0.6 is 0 Å². The van der Waals surface area contributed by atoms with Gasteiger partial charge in [-0.3, -0.25) is 4.79 Å². The molecule has 0 fully saturated rings. The second-order valence-electron chi connectivity index (χ2n) is 6.85. The summed E-state index contributed by atoms with van der Waals surface area (Å²) in [5.41, 5.74) is 3.45. The second kappa shape index (κ2) is 6.94. The van der Waals surface area contributed by atoms with E-state index in [0.717, 1.165) is 19.3 Å². The first-order chi connectivity index (χ1) is 12.6. The van der Waals surface area contributed by atoms with E-state index < -0.39 is 6.10 Å². The van der Waals surface area contributed by atoms with Gasteiger partial charge >= 0.3 is 0 Å². The number of hydrogen-bond acceptors (Lipinski definition) is 4. The van der Waals surface area contributed by atoms with E-state index in [1.807, 2.05) is 0 Å². The minimum absolute atomic E-state index is 0.00261. The van der Waals surface area contributed by atoms with Crippen LogP contribution in [0.25, 0.3) is 10.9 Å². The number of H-pyrrole nitrogens is 1. The number of rotatable bonds is 4. The fourth-order valence-electron chi connectivity index (χ4n) is 3.88. The minimum Gasteiger partial charge on any atom is -0.506 e. The molecule has 1 heterocycles. The molecule has 0 amide bonds. The van der Waals surface area contributed by atoms with Crippen molar-refractivity contribution >= 4 is 10.9 Å². The van der Waals surface area contributed by atoms with Crippen LogP contribution in [-0.2, 0) is 6.42 Å². The van der Waals surface area contributed by atoms with Gasteiger partial charge in [0, 0.05) is 24.0 Å². The normalized spacial score (nSPS) is 17.8. The fraction of sp³-hybridized carbons (Fsp3) is 0.286. The molecule has 0 bridgehead atoms. The molecule has 0 unspecified atom stereocenters. The smallest absolute Gasteiger partial charge is 0.248 e. The number of phenolic OH excluding ortho intramolecular Hbond substituents is 1. The molecule has 0 radical (unpaired) electrons. The van der Waals surface area contributed by atoms with Crippen LogP contribution in [0.4, 0.5) is 0 Å². The van der Waals surface area contributed by atoms with Crippen LogP contribution in [-0.4, -0.2) is 21.7 Å². The van der Waals surface area contributed by atoms with Crippen molar-refractivity contribution in [2.24, 2.45) is 0 Å². The van der Waals surface area contributed by atoms with Crippen LogP contribution in [0.2, 0.25) is 0 Å². The van der Waals surface area contributed by atoms with E-state index in [-0.39, 0.29) is 17.4 Å². The average Bonchev–Trinajstić information content (AvgIpc) is 2.66. The Bertz CT molecular complexity index is 996. The highest BCUT2D eigenvalue weighted by Gasteiger charge is 2.21. The Kier molecular flexibility index (Phi) is 4.49. The zero-order chi connectivity index (χ0) is 18.1. The molecule has 134 valence electrons. The summed E-state index contributed by atoms with van der Waals surface area (Å²) in [5.74, 6) is 0.00261. The van der Waals surface area contributed by atoms with Gasteiger partial charge in [-0.05, 0) is 48.1 Å². The first kappa shape index (κ1) is 16.8. The maximum Gasteiger partial charge on any atom is 0.248 e. The summed E-state index contributed by atoms with van der Waals surface area (Å²) in [5, 5.41) is 24.8. The number of pyridine rings is 1. The zero-order valence-electron chi connectivity index (χ0n) is 14.4. The third-order valence-electron chi connectivity index (χ3n) is 5.19. The van der Waals surface area contributed by atoms with E-state index in [1.165, 1.54) is 23.3 Å². The number of fused-ring (bicyclic) bond motifs is 2. The molecule has 5 heteroatoms. The predicted octanol–water partition coefficient (Wildman–Crippen LogP) is 2.93. The summed E-state index contributed by atoms with van der Waals surface area (Å²) in [6.07, 6.45) is 2.55. The van der Waals surface area contributed by atoms with E-state index in [4.69, 9.17) is 0 Å². The van der Waals surface area contributed by atoms with Gasteiger partial charge in [-0.2, -0.15) is 0 Å². The maximum atomic E-state index is 11.5. The monoisotopic (exact) mass is 350 g/mol. The van der Waals surface area contributed by atoms with E-state index in [2.05, 4.69) is 34.6 Å². The lowest BCUT2D eigenvalue weighted by molar-refractivity contribution is 0.169. The van der Waals surface area contributed by atoms with Gasteiger partial charge in [-0.1, -0.05) is 30.3 Å². The third-order valence-corrected chi connectivity index (χ3v) is 5.19. The van der Waals surface area contributed by atoms with Crippen LogP contribution in [0.5, 0.6) is 5.75 Å². The van der Waals surface area contributed by atoms with Crippen molar-refractivity contribution in [3.63, 3.8) is 0 Å². The van der Waals surface area contributed by atoms with Crippen LogP contribution in [0.1, 0.15) is 41.7 Å². The Morgan fingerprint density at radius 1 is 1.15 bits per heavy atom. The van der Waals surface area contributed by atoms with Crippen molar-refractivity contribution in [2.45, 2.75) is 31.4 Å². The number of phenols is 1. The summed E-state index contributed by atoms with van der Waals surface area (Å²) in [7, 11) is 0. The highest BCUT2D eigenvalue weighted by molar-refractivity contribution is 5.87. The highest BCUT2D eigenvalue weighted by Crippen LogP contribution is 2.31. The number of nitrogens with one attached hydrogen (secondary N) is 2. The van der Waals surface area contributed by atoms with Gasteiger partial charge in [0.15, 0.2) is 0 Å². The molecule has 1 aliphatic carbocycles.